The molecule has 0 aliphatic carbocycles. The third-order valence-electron chi connectivity index (χ3n) is 2.43. The number of alkyl halides is 3. The predicted octanol–water partition coefficient (Wildman–Crippen LogP) is 3.64. The van der Waals surface area contributed by atoms with Crippen LogP contribution in [0.2, 0.25) is 0 Å². The van der Waals surface area contributed by atoms with E-state index in [2.05, 4.69) is 0 Å². The summed E-state index contributed by atoms with van der Waals surface area (Å²) in [4.78, 5) is 0. The smallest absolute Gasteiger partial charge is 0.373 e. The topological polar surface area (TPSA) is 9.23 Å². The molecule has 0 amide bonds. The Hall–Kier alpha value is -1.10. The van der Waals surface area contributed by atoms with Crippen molar-refractivity contribution in [2.24, 2.45) is 0 Å². The summed E-state index contributed by atoms with van der Waals surface area (Å²) in [5.74, 6) is -0.698. The van der Waals surface area contributed by atoms with Crippen LogP contribution in [-0.2, 0) is 10.3 Å². The molecule has 90 valence electrons. The normalized spacial score (nSPS) is 15.9. The molecular weight excluding hydrogens is 224 g/mol. The molecule has 1 rings (SSSR count). The van der Waals surface area contributed by atoms with Gasteiger partial charge >= 0.3 is 6.18 Å². The Labute approximate surface area is 91.0 Å². The second-order valence-electron chi connectivity index (χ2n) is 3.71. The highest BCUT2D eigenvalue weighted by Gasteiger charge is 2.41. The van der Waals surface area contributed by atoms with Crippen molar-refractivity contribution >= 4 is 0 Å². The van der Waals surface area contributed by atoms with Gasteiger partial charge in [0.15, 0.2) is 0 Å². The number of methoxy groups -OCH3 is 1. The first kappa shape index (κ1) is 13.0. The number of ether oxygens (including phenoxy) is 1. The van der Waals surface area contributed by atoms with Crippen LogP contribution in [0.3, 0.4) is 0 Å². The molecule has 5 heteroatoms. The van der Waals surface area contributed by atoms with Crippen LogP contribution in [0.15, 0.2) is 24.3 Å². The molecular formula is C11H12F4O. The molecule has 0 aromatic heterocycles. The molecule has 0 bridgehead atoms. The van der Waals surface area contributed by atoms with Gasteiger partial charge in [-0.1, -0.05) is 18.2 Å². The van der Waals surface area contributed by atoms with Crippen molar-refractivity contribution in [1.82, 2.24) is 0 Å². The molecule has 1 atom stereocenters. The lowest BCUT2D eigenvalue weighted by Gasteiger charge is -2.29. The number of hydrogen-bond acceptors (Lipinski definition) is 1. The zero-order valence-electron chi connectivity index (χ0n) is 8.94. The van der Waals surface area contributed by atoms with Gasteiger partial charge in [-0.3, -0.25) is 0 Å². The average Bonchev–Trinajstić information content (AvgIpc) is 2.15. The van der Waals surface area contributed by atoms with E-state index in [1.807, 2.05) is 0 Å². The molecule has 0 radical (unpaired) electrons. The highest BCUT2D eigenvalue weighted by molar-refractivity contribution is 5.24. The third kappa shape index (κ3) is 2.95. The number of rotatable bonds is 3. The minimum Gasteiger partial charge on any atom is -0.373 e. The van der Waals surface area contributed by atoms with Gasteiger partial charge in [-0.25, -0.2) is 4.39 Å². The maximum atomic E-state index is 13.4. The Morgan fingerprint density at radius 2 is 1.75 bits per heavy atom. The van der Waals surface area contributed by atoms with Crippen molar-refractivity contribution in [2.75, 3.05) is 7.11 Å². The number of benzene rings is 1. The predicted molar refractivity (Wildman–Crippen MR) is 51.4 cm³/mol. The fourth-order valence-electron chi connectivity index (χ4n) is 1.55. The lowest BCUT2D eigenvalue weighted by atomic mass is 9.91. The minimum absolute atomic E-state index is 0.0881. The number of halogens is 4. The summed E-state index contributed by atoms with van der Waals surface area (Å²) in [5, 5.41) is 0. The Kier molecular flexibility index (Phi) is 3.57. The van der Waals surface area contributed by atoms with Gasteiger partial charge in [0.2, 0.25) is 0 Å². The van der Waals surface area contributed by atoms with Crippen molar-refractivity contribution in [1.29, 1.82) is 0 Å². The summed E-state index contributed by atoms with van der Waals surface area (Å²) in [6.45, 7) is 1.22. The highest BCUT2D eigenvalue weighted by atomic mass is 19.4. The second kappa shape index (κ2) is 4.41. The fraction of sp³-hybridized carbons (Fsp3) is 0.455. The Bertz CT molecular complexity index is 361. The van der Waals surface area contributed by atoms with Gasteiger partial charge in [-0.2, -0.15) is 13.2 Å². The number of hydrogen-bond donors (Lipinski definition) is 0. The van der Waals surface area contributed by atoms with E-state index in [9.17, 15) is 17.6 Å². The van der Waals surface area contributed by atoms with E-state index in [-0.39, 0.29) is 5.56 Å². The first-order valence-electron chi connectivity index (χ1n) is 4.65. The lowest BCUT2D eigenvalue weighted by Crippen LogP contribution is -2.32. The molecule has 0 fully saturated rings. The minimum atomic E-state index is -4.41. The van der Waals surface area contributed by atoms with Gasteiger partial charge < -0.3 is 4.74 Å². The Morgan fingerprint density at radius 3 is 2.19 bits per heavy atom. The summed E-state index contributed by atoms with van der Waals surface area (Å²) in [6, 6.07) is 5.31. The van der Waals surface area contributed by atoms with Crippen molar-refractivity contribution in [2.45, 2.75) is 25.1 Å². The first-order chi connectivity index (χ1) is 7.28. The van der Waals surface area contributed by atoms with Crippen LogP contribution in [-0.4, -0.2) is 13.3 Å². The van der Waals surface area contributed by atoms with Crippen LogP contribution in [0.25, 0.3) is 0 Å². The molecule has 16 heavy (non-hydrogen) atoms. The molecule has 1 unspecified atom stereocenters. The monoisotopic (exact) mass is 236 g/mol. The standard InChI is InChI=1S/C11H12F4O/c1-10(16-2,7-11(13,14)15)8-5-3-4-6-9(8)12/h3-6H,7H2,1-2H3. The zero-order valence-corrected chi connectivity index (χ0v) is 8.94. The van der Waals surface area contributed by atoms with Crippen LogP contribution < -0.4 is 0 Å². The van der Waals surface area contributed by atoms with Gasteiger partial charge in [0.05, 0.1) is 6.42 Å². The van der Waals surface area contributed by atoms with E-state index in [0.29, 0.717) is 0 Å². The molecule has 0 aliphatic rings. The summed E-state index contributed by atoms with van der Waals surface area (Å²) in [5.41, 5.74) is -1.78. The van der Waals surface area contributed by atoms with Gasteiger partial charge in [-0.05, 0) is 13.0 Å². The summed E-state index contributed by atoms with van der Waals surface area (Å²) < 4.78 is 55.3. The summed E-state index contributed by atoms with van der Waals surface area (Å²) in [7, 11) is 1.14. The largest absolute Gasteiger partial charge is 0.392 e. The van der Waals surface area contributed by atoms with E-state index >= 15 is 0 Å². The van der Waals surface area contributed by atoms with E-state index in [0.717, 1.165) is 13.2 Å². The van der Waals surface area contributed by atoms with Crippen molar-refractivity contribution in [3.05, 3.63) is 35.6 Å². The van der Waals surface area contributed by atoms with E-state index in [1.54, 1.807) is 0 Å². The van der Waals surface area contributed by atoms with Gasteiger partial charge in [0.25, 0.3) is 0 Å². The van der Waals surface area contributed by atoms with Gasteiger partial charge in [-0.15, -0.1) is 0 Å². The highest BCUT2D eigenvalue weighted by Crippen LogP contribution is 2.37. The second-order valence-corrected chi connectivity index (χ2v) is 3.71. The lowest BCUT2D eigenvalue weighted by molar-refractivity contribution is -0.182. The summed E-state index contributed by atoms with van der Waals surface area (Å²) in [6.07, 6.45) is -5.63. The average molecular weight is 236 g/mol. The molecule has 1 aromatic rings. The SMILES string of the molecule is COC(C)(CC(F)(F)F)c1ccccc1F. The van der Waals surface area contributed by atoms with Crippen molar-refractivity contribution in [3.63, 3.8) is 0 Å². The summed E-state index contributed by atoms with van der Waals surface area (Å²) >= 11 is 0. The third-order valence-corrected chi connectivity index (χ3v) is 2.43. The van der Waals surface area contributed by atoms with Crippen molar-refractivity contribution in [3.8, 4) is 0 Å². The van der Waals surface area contributed by atoms with E-state index in [4.69, 9.17) is 4.74 Å². The maximum Gasteiger partial charge on any atom is 0.392 e. The zero-order chi connectivity index (χ0) is 12.4. The first-order valence-corrected chi connectivity index (χ1v) is 4.65. The van der Waals surface area contributed by atoms with Crippen LogP contribution in [0.1, 0.15) is 18.9 Å². The van der Waals surface area contributed by atoms with E-state index in [1.165, 1.54) is 25.1 Å². The molecule has 1 aromatic carbocycles. The molecule has 0 N–H and O–H groups in total. The molecule has 0 saturated carbocycles. The quantitative estimate of drug-likeness (QED) is 0.728. The van der Waals surface area contributed by atoms with Crippen LogP contribution in [0.4, 0.5) is 17.6 Å². The van der Waals surface area contributed by atoms with Gasteiger partial charge in [0.1, 0.15) is 11.4 Å². The molecule has 0 heterocycles. The van der Waals surface area contributed by atoms with Gasteiger partial charge in [0, 0.05) is 12.7 Å². The Morgan fingerprint density at radius 1 is 1.19 bits per heavy atom. The molecule has 0 saturated heterocycles. The molecule has 0 aliphatic heterocycles. The molecule has 1 nitrogen and oxygen atoms in total. The Balaban J connectivity index is 3.10. The molecule has 0 spiro atoms. The van der Waals surface area contributed by atoms with Crippen LogP contribution >= 0.6 is 0 Å². The van der Waals surface area contributed by atoms with Crippen LogP contribution in [0, 0.1) is 5.82 Å². The van der Waals surface area contributed by atoms with E-state index < -0.39 is 24.0 Å². The van der Waals surface area contributed by atoms with Crippen LogP contribution in [0.5, 0.6) is 0 Å². The fourth-order valence-corrected chi connectivity index (χ4v) is 1.55. The maximum absolute atomic E-state index is 13.4. The van der Waals surface area contributed by atoms with Crippen molar-refractivity contribution < 1.29 is 22.3 Å².